The number of halogens is 3. The van der Waals surface area contributed by atoms with Crippen molar-refractivity contribution in [1.82, 2.24) is 25.1 Å². The Morgan fingerprint density at radius 3 is 2.43 bits per heavy atom. The molecule has 7 nitrogen and oxygen atoms in total. The monoisotopic (exact) mass is 418 g/mol. The first-order chi connectivity index (χ1) is 14.5. The Morgan fingerprint density at radius 2 is 1.70 bits per heavy atom. The molecule has 1 aliphatic heterocycles. The summed E-state index contributed by atoms with van der Waals surface area (Å²) in [4.78, 5) is 3.84. The number of tetrazole rings is 1. The van der Waals surface area contributed by atoms with E-state index in [1.165, 1.54) is 12.1 Å². The van der Waals surface area contributed by atoms with E-state index < -0.39 is 11.7 Å². The molecule has 1 saturated heterocycles. The average molecular weight is 418 g/mol. The number of benzene rings is 2. The summed E-state index contributed by atoms with van der Waals surface area (Å²) >= 11 is 0. The Balaban J connectivity index is 1.46. The van der Waals surface area contributed by atoms with Crippen LogP contribution in [0, 0.1) is 0 Å². The highest BCUT2D eigenvalue weighted by Gasteiger charge is 2.30. The second-order valence-electron chi connectivity index (χ2n) is 6.91. The number of anilines is 2. The Hall–Kier alpha value is -2.98. The maximum atomic E-state index is 12.8. The number of para-hydroxylation sites is 1. The third-order valence-electron chi connectivity index (χ3n) is 4.83. The summed E-state index contributed by atoms with van der Waals surface area (Å²) in [5.74, 6) is 0.451. The molecule has 0 radical (unpaired) electrons. The van der Waals surface area contributed by atoms with E-state index in [4.69, 9.17) is 4.74 Å². The van der Waals surface area contributed by atoms with Gasteiger partial charge in [-0.2, -0.15) is 18.0 Å². The van der Waals surface area contributed by atoms with Crippen LogP contribution >= 0.6 is 0 Å². The highest BCUT2D eigenvalue weighted by Crippen LogP contribution is 2.32. The number of hydrogen-bond donors (Lipinski definition) is 1. The van der Waals surface area contributed by atoms with Crippen molar-refractivity contribution in [1.29, 1.82) is 0 Å². The van der Waals surface area contributed by atoms with E-state index in [0.717, 1.165) is 50.5 Å². The average Bonchev–Trinajstić information content (AvgIpc) is 3.22. The maximum Gasteiger partial charge on any atom is 0.416 e. The minimum Gasteiger partial charge on any atom is -0.379 e. The smallest absolute Gasteiger partial charge is 0.379 e. The quantitative estimate of drug-likeness (QED) is 0.662. The number of aromatic nitrogens is 4. The third kappa shape index (κ3) is 4.95. The van der Waals surface area contributed by atoms with Gasteiger partial charge in [0.05, 0.1) is 25.3 Å². The number of morpholine rings is 1. The number of nitrogens with zero attached hydrogens (tertiary/aromatic N) is 5. The first-order valence-electron chi connectivity index (χ1n) is 9.61. The van der Waals surface area contributed by atoms with Gasteiger partial charge in [-0.05, 0) is 41.6 Å². The van der Waals surface area contributed by atoms with Gasteiger partial charge < -0.3 is 10.1 Å². The summed E-state index contributed by atoms with van der Waals surface area (Å²) in [6.45, 7) is 4.67. The topological polar surface area (TPSA) is 68.1 Å². The Kier molecular flexibility index (Phi) is 5.96. The van der Waals surface area contributed by atoms with E-state index in [1.54, 1.807) is 4.80 Å². The molecule has 1 aromatic heterocycles. The number of alkyl halides is 3. The lowest BCUT2D eigenvalue weighted by Gasteiger charge is -2.25. The zero-order chi connectivity index (χ0) is 21.0. The van der Waals surface area contributed by atoms with Gasteiger partial charge in [-0.25, -0.2) is 0 Å². The largest absolute Gasteiger partial charge is 0.416 e. The van der Waals surface area contributed by atoms with Gasteiger partial charge in [0.1, 0.15) is 0 Å². The Labute approximate surface area is 171 Å². The van der Waals surface area contributed by atoms with Crippen LogP contribution in [0.2, 0.25) is 0 Å². The van der Waals surface area contributed by atoms with Gasteiger partial charge >= 0.3 is 6.18 Å². The highest BCUT2D eigenvalue weighted by molar-refractivity contribution is 5.77. The normalized spacial score (nSPS) is 15.3. The Morgan fingerprint density at radius 1 is 0.967 bits per heavy atom. The van der Waals surface area contributed by atoms with Gasteiger partial charge in [0.2, 0.25) is 5.82 Å². The third-order valence-corrected chi connectivity index (χ3v) is 4.83. The molecule has 1 fully saturated rings. The number of hydrogen-bond acceptors (Lipinski definition) is 6. The fraction of sp³-hybridized carbons (Fsp3) is 0.350. The first-order valence-corrected chi connectivity index (χ1v) is 9.61. The molecule has 0 unspecified atom stereocenters. The summed E-state index contributed by atoms with van der Waals surface area (Å²) in [7, 11) is 0. The minimum absolute atomic E-state index is 0.451. The van der Waals surface area contributed by atoms with Crippen molar-refractivity contribution in [2.45, 2.75) is 12.7 Å². The van der Waals surface area contributed by atoms with E-state index >= 15 is 0 Å². The van der Waals surface area contributed by atoms with Crippen molar-refractivity contribution in [3.05, 3.63) is 54.1 Å². The van der Waals surface area contributed by atoms with Crippen LogP contribution in [0.4, 0.5) is 24.5 Å². The molecule has 30 heavy (non-hydrogen) atoms. The molecule has 0 bridgehead atoms. The van der Waals surface area contributed by atoms with Crippen LogP contribution in [-0.2, 0) is 17.5 Å². The molecule has 0 aliphatic carbocycles. The minimum atomic E-state index is -4.36. The molecule has 2 heterocycles. The second-order valence-corrected chi connectivity index (χ2v) is 6.91. The standard InChI is InChI=1S/C20H21F3N6O/c21-20(22,23)15-5-7-16(8-6-15)24-18-4-2-1-3-17(18)19-25-27-29(26-19)10-9-28-11-13-30-14-12-28/h1-8,24H,9-14H2. The highest BCUT2D eigenvalue weighted by atomic mass is 19.4. The summed E-state index contributed by atoms with van der Waals surface area (Å²) in [6.07, 6.45) is -4.36. The van der Waals surface area contributed by atoms with Crippen LogP contribution in [0.5, 0.6) is 0 Å². The summed E-state index contributed by atoms with van der Waals surface area (Å²) < 4.78 is 43.6. The molecule has 10 heteroatoms. The van der Waals surface area contributed by atoms with E-state index in [2.05, 4.69) is 25.6 Å². The summed E-state index contributed by atoms with van der Waals surface area (Å²) in [5.41, 5.74) is 1.25. The molecule has 0 atom stereocenters. The van der Waals surface area contributed by atoms with Gasteiger partial charge in [0, 0.05) is 36.6 Å². The lowest BCUT2D eigenvalue weighted by Crippen LogP contribution is -2.38. The lowest BCUT2D eigenvalue weighted by atomic mass is 10.1. The number of nitrogens with one attached hydrogen (secondary N) is 1. The Bertz CT molecular complexity index is 967. The van der Waals surface area contributed by atoms with Crippen LogP contribution in [0.25, 0.3) is 11.4 Å². The van der Waals surface area contributed by atoms with E-state index in [-0.39, 0.29) is 0 Å². The van der Waals surface area contributed by atoms with E-state index in [9.17, 15) is 13.2 Å². The van der Waals surface area contributed by atoms with Gasteiger partial charge in [-0.15, -0.1) is 10.2 Å². The van der Waals surface area contributed by atoms with Gasteiger partial charge in [-0.3, -0.25) is 4.90 Å². The zero-order valence-corrected chi connectivity index (χ0v) is 16.1. The van der Waals surface area contributed by atoms with Crippen molar-refractivity contribution in [2.75, 3.05) is 38.2 Å². The predicted molar refractivity (Wildman–Crippen MR) is 105 cm³/mol. The second kappa shape index (κ2) is 8.80. The van der Waals surface area contributed by atoms with Gasteiger partial charge in [0.25, 0.3) is 0 Å². The SMILES string of the molecule is FC(F)(F)c1ccc(Nc2ccccc2-c2nnn(CCN3CCOCC3)n2)cc1. The van der Waals surface area contributed by atoms with Crippen LogP contribution in [0.15, 0.2) is 48.5 Å². The van der Waals surface area contributed by atoms with E-state index in [1.807, 2.05) is 24.3 Å². The molecule has 1 aliphatic rings. The lowest BCUT2D eigenvalue weighted by molar-refractivity contribution is -0.137. The van der Waals surface area contributed by atoms with E-state index in [0.29, 0.717) is 23.7 Å². The first kappa shape index (κ1) is 20.3. The molecule has 0 amide bonds. The maximum absolute atomic E-state index is 12.8. The molecule has 3 aromatic rings. The van der Waals surface area contributed by atoms with Crippen LogP contribution in [0.1, 0.15) is 5.56 Å². The fourth-order valence-corrected chi connectivity index (χ4v) is 3.19. The van der Waals surface area contributed by atoms with Gasteiger partial charge in [-0.1, -0.05) is 12.1 Å². The van der Waals surface area contributed by atoms with Gasteiger partial charge in [0.15, 0.2) is 0 Å². The zero-order valence-electron chi connectivity index (χ0n) is 16.1. The predicted octanol–water partition coefficient (Wildman–Crippen LogP) is 3.43. The number of ether oxygens (including phenoxy) is 1. The summed E-state index contributed by atoms with van der Waals surface area (Å²) in [6, 6.07) is 12.2. The molecule has 2 aromatic carbocycles. The van der Waals surface area contributed by atoms with Crippen molar-refractivity contribution in [3.8, 4) is 11.4 Å². The van der Waals surface area contributed by atoms with Crippen LogP contribution < -0.4 is 5.32 Å². The van der Waals surface area contributed by atoms with Crippen molar-refractivity contribution >= 4 is 11.4 Å². The molecule has 158 valence electrons. The molecule has 0 spiro atoms. The fourth-order valence-electron chi connectivity index (χ4n) is 3.19. The summed E-state index contributed by atoms with van der Waals surface area (Å²) in [5, 5.41) is 15.9. The number of rotatable bonds is 6. The molecular weight excluding hydrogens is 397 g/mol. The molecular formula is C20H21F3N6O. The molecule has 1 N–H and O–H groups in total. The molecule has 4 rings (SSSR count). The van der Waals surface area contributed by atoms with Crippen molar-refractivity contribution < 1.29 is 17.9 Å². The molecule has 0 saturated carbocycles. The van der Waals surface area contributed by atoms with Crippen LogP contribution in [0.3, 0.4) is 0 Å². The van der Waals surface area contributed by atoms with Crippen LogP contribution in [-0.4, -0.2) is 58.0 Å². The van der Waals surface area contributed by atoms with Crippen molar-refractivity contribution in [3.63, 3.8) is 0 Å². The van der Waals surface area contributed by atoms with Crippen molar-refractivity contribution in [2.24, 2.45) is 0 Å².